The molecule has 0 radical (unpaired) electrons. The molecule has 0 amide bonds. The van der Waals surface area contributed by atoms with Gasteiger partial charge in [-0.15, -0.1) is 0 Å². The van der Waals surface area contributed by atoms with Crippen molar-refractivity contribution in [3.8, 4) is 0 Å². The Labute approximate surface area is 123 Å². The van der Waals surface area contributed by atoms with E-state index in [1.807, 2.05) is 48.5 Å². The molecule has 106 valence electrons. The quantitative estimate of drug-likeness (QED) is 0.477. The third-order valence-corrected chi connectivity index (χ3v) is 2.99. The van der Waals surface area contributed by atoms with E-state index in [-0.39, 0.29) is 12.6 Å². The Morgan fingerprint density at radius 1 is 1.00 bits per heavy atom. The average molecular weight is 280 g/mol. The Bertz CT molecular complexity index is 640. The summed E-state index contributed by atoms with van der Waals surface area (Å²) >= 11 is 0. The number of carbonyl (C=O) groups excluding carboxylic acids is 2. The van der Waals surface area contributed by atoms with Crippen LogP contribution in [0, 0.1) is 0 Å². The minimum atomic E-state index is -0.312. The van der Waals surface area contributed by atoms with Gasteiger partial charge in [0, 0.05) is 12.5 Å². The molecule has 0 bridgehead atoms. The third-order valence-electron chi connectivity index (χ3n) is 2.99. The summed E-state index contributed by atoms with van der Waals surface area (Å²) in [4.78, 5) is 21.7. The molecular formula is C18H16O3. The van der Waals surface area contributed by atoms with Gasteiger partial charge in [-0.25, -0.2) is 0 Å². The molecule has 2 aromatic rings. The number of carbonyl (C=O) groups is 2. The molecule has 0 saturated carbocycles. The van der Waals surface area contributed by atoms with Crippen LogP contribution in [0.4, 0.5) is 0 Å². The monoisotopic (exact) mass is 280 g/mol. The van der Waals surface area contributed by atoms with Crippen molar-refractivity contribution in [2.75, 3.05) is 6.61 Å². The summed E-state index contributed by atoms with van der Waals surface area (Å²) in [7, 11) is 0. The van der Waals surface area contributed by atoms with E-state index in [9.17, 15) is 9.59 Å². The highest BCUT2D eigenvalue weighted by molar-refractivity contribution is 5.84. The number of rotatable bonds is 5. The van der Waals surface area contributed by atoms with Gasteiger partial charge < -0.3 is 4.74 Å². The fourth-order valence-corrected chi connectivity index (χ4v) is 1.91. The number of benzene rings is 2. The van der Waals surface area contributed by atoms with Crippen molar-refractivity contribution in [1.29, 1.82) is 0 Å². The molecule has 21 heavy (non-hydrogen) atoms. The minimum absolute atomic E-state index is 0.217. The molecule has 3 nitrogen and oxygen atoms in total. The van der Waals surface area contributed by atoms with Crippen LogP contribution in [0.15, 0.2) is 54.6 Å². The third kappa shape index (κ3) is 4.42. The zero-order valence-corrected chi connectivity index (χ0v) is 11.8. The van der Waals surface area contributed by atoms with Gasteiger partial charge >= 0.3 is 5.97 Å². The Hall–Kier alpha value is -2.68. The first-order valence-electron chi connectivity index (χ1n) is 6.63. The lowest BCUT2D eigenvalue weighted by atomic mass is 10.0. The maximum Gasteiger partial charge on any atom is 0.302 e. The molecule has 0 N–H and O–H groups in total. The normalized spacial score (nSPS) is 11.0. The van der Waals surface area contributed by atoms with Gasteiger partial charge in [-0.2, -0.15) is 0 Å². The highest BCUT2D eigenvalue weighted by Crippen LogP contribution is 2.19. The van der Waals surface area contributed by atoms with Gasteiger partial charge in [-0.3, -0.25) is 9.59 Å². The summed E-state index contributed by atoms with van der Waals surface area (Å²) in [5.74, 6) is -0.312. The summed E-state index contributed by atoms with van der Waals surface area (Å²) in [6, 6.07) is 17.0. The molecule has 3 heteroatoms. The van der Waals surface area contributed by atoms with E-state index in [0.29, 0.717) is 5.56 Å². The second kappa shape index (κ2) is 7.20. The lowest BCUT2D eigenvalue weighted by molar-refractivity contribution is -0.139. The van der Waals surface area contributed by atoms with Crippen LogP contribution in [-0.2, 0) is 9.53 Å². The lowest BCUT2D eigenvalue weighted by Crippen LogP contribution is -2.02. The summed E-state index contributed by atoms with van der Waals surface area (Å²) in [5.41, 5.74) is 3.49. The predicted molar refractivity (Wildman–Crippen MR) is 82.8 cm³/mol. The smallest absolute Gasteiger partial charge is 0.302 e. The molecule has 0 saturated heterocycles. The number of aldehydes is 1. The zero-order valence-electron chi connectivity index (χ0n) is 11.8. The van der Waals surface area contributed by atoms with Crippen molar-refractivity contribution in [1.82, 2.24) is 0 Å². The zero-order chi connectivity index (χ0) is 15.1. The standard InChI is InChI=1S/C18H16O3/c1-14(20)21-13-18(17-5-3-2-4-6-17)11-15-7-9-16(12-19)10-8-15/h2-12H,13H2,1H3/b18-11-. The molecule has 0 atom stereocenters. The van der Waals surface area contributed by atoms with Crippen LogP contribution in [-0.4, -0.2) is 18.9 Å². The Morgan fingerprint density at radius 2 is 1.62 bits per heavy atom. The van der Waals surface area contributed by atoms with Crippen LogP contribution in [0.1, 0.15) is 28.4 Å². The van der Waals surface area contributed by atoms with Gasteiger partial charge in [0.2, 0.25) is 0 Å². The summed E-state index contributed by atoms with van der Waals surface area (Å²) in [5, 5.41) is 0. The van der Waals surface area contributed by atoms with Crippen LogP contribution in [0.3, 0.4) is 0 Å². The number of ether oxygens (including phenoxy) is 1. The number of hydrogen-bond acceptors (Lipinski definition) is 3. The van der Waals surface area contributed by atoms with Crippen LogP contribution < -0.4 is 0 Å². The average Bonchev–Trinajstić information content (AvgIpc) is 2.52. The van der Waals surface area contributed by atoms with Crippen molar-refractivity contribution in [2.24, 2.45) is 0 Å². The van der Waals surface area contributed by atoms with Crippen LogP contribution in [0.5, 0.6) is 0 Å². The summed E-state index contributed by atoms with van der Waals surface area (Å²) in [6.45, 7) is 1.61. The molecule has 0 aliphatic rings. The molecule has 2 rings (SSSR count). The van der Waals surface area contributed by atoms with E-state index in [1.54, 1.807) is 12.1 Å². The van der Waals surface area contributed by atoms with E-state index in [4.69, 9.17) is 4.74 Å². The topological polar surface area (TPSA) is 43.4 Å². The molecule has 0 fully saturated rings. The molecule has 0 spiro atoms. The van der Waals surface area contributed by atoms with Gasteiger partial charge in [-0.05, 0) is 22.8 Å². The second-order valence-corrected chi connectivity index (χ2v) is 4.60. The molecular weight excluding hydrogens is 264 g/mol. The Morgan fingerprint density at radius 3 is 2.19 bits per heavy atom. The highest BCUT2D eigenvalue weighted by atomic mass is 16.5. The van der Waals surface area contributed by atoms with E-state index in [2.05, 4.69) is 0 Å². The Balaban J connectivity index is 2.30. The fourth-order valence-electron chi connectivity index (χ4n) is 1.91. The molecule has 0 aliphatic carbocycles. The van der Waals surface area contributed by atoms with Gasteiger partial charge in [0.25, 0.3) is 0 Å². The second-order valence-electron chi connectivity index (χ2n) is 4.60. The van der Waals surface area contributed by atoms with Gasteiger partial charge in [0.05, 0.1) is 0 Å². The maximum atomic E-state index is 11.0. The summed E-state index contributed by atoms with van der Waals surface area (Å²) in [6.07, 6.45) is 2.76. The molecule has 2 aromatic carbocycles. The van der Waals surface area contributed by atoms with Crippen LogP contribution >= 0.6 is 0 Å². The van der Waals surface area contributed by atoms with Crippen LogP contribution in [0.25, 0.3) is 11.6 Å². The van der Waals surface area contributed by atoms with E-state index >= 15 is 0 Å². The summed E-state index contributed by atoms with van der Waals surface area (Å²) < 4.78 is 5.11. The van der Waals surface area contributed by atoms with Crippen LogP contribution in [0.2, 0.25) is 0 Å². The van der Waals surface area contributed by atoms with Gasteiger partial charge in [0.1, 0.15) is 12.9 Å². The first-order valence-corrected chi connectivity index (χ1v) is 6.63. The first-order chi connectivity index (χ1) is 10.2. The minimum Gasteiger partial charge on any atom is -0.461 e. The largest absolute Gasteiger partial charge is 0.461 e. The first kappa shape index (κ1) is 14.7. The number of hydrogen-bond donors (Lipinski definition) is 0. The van der Waals surface area contributed by atoms with E-state index in [0.717, 1.165) is 23.0 Å². The van der Waals surface area contributed by atoms with Crippen molar-refractivity contribution in [3.05, 3.63) is 71.3 Å². The molecule has 0 aliphatic heterocycles. The molecule has 0 heterocycles. The van der Waals surface area contributed by atoms with Crippen molar-refractivity contribution in [3.63, 3.8) is 0 Å². The maximum absolute atomic E-state index is 11.0. The van der Waals surface area contributed by atoms with Crippen molar-refractivity contribution in [2.45, 2.75) is 6.92 Å². The molecule has 0 aromatic heterocycles. The fraction of sp³-hybridized carbons (Fsp3) is 0.111. The predicted octanol–water partition coefficient (Wildman–Crippen LogP) is 3.60. The number of esters is 1. The molecule has 0 unspecified atom stereocenters. The van der Waals surface area contributed by atoms with Gasteiger partial charge in [0.15, 0.2) is 0 Å². The lowest BCUT2D eigenvalue weighted by Gasteiger charge is -2.08. The van der Waals surface area contributed by atoms with Crippen molar-refractivity contribution >= 4 is 23.9 Å². The van der Waals surface area contributed by atoms with Crippen molar-refractivity contribution < 1.29 is 14.3 Å². The highest BCUT2D eigenvalue weighted by Gasteiger charge is 2.04. The van der Waals surface area contributed by atoms with Gasteiger partial charge in [-0.1, -0.05) is 54.6 Å². The Kier molecular flexibility index (Phi) is 5.04. The van der Waals surface area contributed by atoms with E-state index in [1.165, 1.54) is 6.92 Å². The SMILES string of the molecule is CC(=O)OC/C(=C/c1ccc(C=O)cc1)c1ccccc1. The van der Waals surface area contributed by atoms with E-state index < -0.39 is 0 Å².